The van der Waals surface area contributed by atoms with E-state index in [-0.39, 0.29) is 0 Å². The third kappa shape index (κ3) is 5.39. The second kappa shape index (κ2) is 12.5. The van der Waals surface area contributed by atoms with E-state index in [4.69, 9.17) is 4.42 Å². The fraction of sp³-hybridized carbons (Fsp3) is 0. The molecule has 0 bridgehead atoms. The Morgan fingerprint density at radius 1 is 0.288 bits per heavy atom. The molecule has 0 aliphatic rings. The summed E-state index contributed by atoms with van der Waals surface area (Å²) in [7, 11) is 0. The Hall–Kier alpha value is -6.90. The highest BCUT2D eigenvalue weighted by Crippen LogP contribution is 2.40. The molecule has 9 aromatic carbocycles. The van der Waals surface area contributed by atoms with Crippen molar-refractivity contribution >= 4 is 60.3 Å². The highest BCUT2D eigenvalue weighted by molar-refractivity contribution is 6.08. The number of anilines is 3. The zero-order chi connectivity index (χ0) is 34.4. The van der Waals surface area contributed by atoms with Crippen LogP contribution in [0.15, 0.2) is 205 Å². The average Bonchev–Trinajstić information content (AvgIpc) is 3.66. The van der Waals surface area contributed by atoms with Crippen molar-refractivity contribution in [3.63, 3.8) is 0 Å². The molecule has 0 saturated heterocycles. The second-order valence-corrected chi connectivity index (χ2v) is 13.4. The number of rotatable bonds is 6. The van der Waals surface area contributed by atoms with Crippen LogP contribution in [-0.4, -0.2) is 0 Å². The second-order valence-electron chi connectivity index (χ2n) is 13.4. The number of hydrogen-bond acceptors (Lipinski definition) is 2. The van der Waals surface area contributed by atoms with E-state index < -0.39 is 0 Å². The standard InChI is InChI=1S/C50H33NO/c1-2-10-40-31-45(27-24-34(40)8-1)51(46-28-29-48-41(32-46)21-20-38-9-3-5-14-47(38)48)44-25-22-36(23-26-44)35-16-18-37(19-17-35)39-12-7-13-42(30-39)50-33-43-11-4-6-15-49(43)52-50/h1-33H. The molecule has 10 aromatic rings. The van der Waals surface area contributed by atoms with Gasteiger partial charge in [0.1, 0.15) is 11.3 Å². The number of para-hydroxylation sites is 1. The molecule has 1 aromatic heterocycles. The van der Waals surface area contributed by atoms with Crippen LogP contribution in [-0.2, 0) is 0 Å². The summed E-state index contributed by atoms with van der Waals surface area (Å²) in [5.41, 5.74) is 10.0. The smallest absolute Gasteiger partial charge is 0.135 e. The SMILES string of the molecule is c1cc(-c2ccc(-c3ccc(N(c4ccc5ccccc5c4)c4ccc5c(ccc6ccccc65)c4)cc3)cc2)cc(-c2cc3ccccc3o2)c1. The summed E-state index contributed by atoms with van der Waals surface area (Å²) in [5, 5.41) is 8.59. The molecule has 0 fully saturated rings. The number of furan rings is 1. The van der Waals surface area contributed by atoms with E-state index in [1.54, 1.807) is 0 Å². The van der Waals surface area contributed by atoms with E-state index in [0.29, 0.717) is 0 Å². The molecule has 0 spiro atoms. The Labute approximate surface area is 302 Å². The number of fused-ring (bicyclic) bond motifs is 5. The Kier molecular flexibility index (Phi) is 7.18. The Morgan fingerprint density at radius 2 is 0.827 bits per heavy atom. The van der Waals surface area contributed by atoms with E-state index in [1.165, 1.54) is 49.0 Å². The predicted octanol–water partition coefficient (Wildman–Crippen LogP) is 14.4. The van der Waals surface area contributed by atoms with Crippen molar-refractivity contribution in [3.8, 4) is 33.6 Å². The van der Waals surface area contributed by atoms with E-state index in [2.05, 4.69) is 187 Å². The molecule has 0 aliphatic carbocycles. The van der Waals surface area contributed by atoms with Crippen LogP contribution in [0, 0.1) is 0 Å². The number of nitrogens with zero attached hydrogens (tertiary/aromatic N) is 1. The lowest BCUT2D eigenvalue weighted by molar-refractivity contribution is 0.631. The van der Waals surface area contributed by atoms with Gasteiger partial charge in [-0.1, -0.05) is 146 Å². The van der Waals surface area contributed by atoms with E-state index in [0.717, 1.165) is 44.9 Å². The molecule has 2 nitrogen and oxygen atoms in total. The zero-order valence-corrected chi connectivity index (χ0v) is 28.4. The Balaban J connectivity index is 0.985. The molecule has 10 rings (SSSR count). The van der Waals surface area contributed by atoms with Crippen LogP contribution in [0.5, 0.6) is 0 Å². The maximum Gasteiger partial charge on any atom is 0.135 e. The molecule has 1 heterocycles. The molecular formula is C50H33NO. The topological polar surface area (TPSA) is 16.4 Å². The van der Waals surface area contributed by atoms with Gasteiger partial charge in [-0.2, -0.15) is 0 Å². The molecule has 0 amide bonds. The van der Waals surface area contributed by atoms with Gasteiger partial charge >= 0.3 is 0 Å². The van der Waals surface area contributed by atoms with Crippen LogP contribution in [0.3, 0.4) is 0 Å². The molecular weight excluding hydrogens is 631 g/mol. The molecule has 0 saturated carbocycles. The summed E-state index contributed by atoms with van der Waals surface area (Å²) in [5.74, 6) is 0.884. The van der Waals surface area contributed by atoms with Gasteiger partial charge in [0, 0.05) is 28.0 Å². The van der Waals surface area contributed by atoms with Crippen molar-refractivity contribution in [3.05, 3.63) is 200 Å². The van der Waals surface area contributed by atoms with Crippen molar-refractivity contribution < 1.29 is 4.42 Å². The van der Waals surface area contributed by atoms with Crippen LogP contribution < -0.4 is 4.90 Å². The lowest BCUT2D eigenvalue weighted by Crippen LogP contribution is -2.09. The van der Waals surface area contributed by atoms with Crippen LogP contribution >= 0.6 is 0 Å². The average molecular weight is 664 g/mol. The molecule has 2 heteroatoms. The lowest BCUT2D eigenvalue weighted by atomic mass is 9.98. The summed E-state index contributed by atoms with van der Waals surface area (Å²) < 4.78 is 6.15. The summed E-state index contributed by atoms with van der Waals surface area (Å²) in [4.78, 5) is 2.36. The van der Waals surface area contributed by atoms with Gasteiger partial charge < -0.3 is 9.32 Å². The van der Waals surface area contributed by atoms with Crippen LogP contribution in [0.2, 0.25) is 0 Å². The fourth-order valence-electron chi connectivity index (χ4n) is 7.54. The van der Waals surface area contributed by atoms with Gasteiger partial charge in [-0.15, -0.1) is 0 Å². The molecule has 52 heavy (non-hydrogen) atoms. The van der Waals surface area contributed by atoms with Crippen LogP contribution in [0.4, 0.5) is 17.1 Å². The first-order chi connectivity index (χ1) is 25.7. The highest BCUT2D eigenvalue weighted by Gasteiger charge is 2.15. The highest BCUT2D eigenvalue weighted by atomic mass is 16.3. The normalized spacial score (nSPS) is 11.5. The van der Waals surface area contributed by atoms with Gasteiger partial charge in [-0.05, 0) is 109 Å². The minimum atomic E-state index is 0.884. The Bertz CT molecular complexity index is 2870. The summed E-state index contributed by atoms with van der Waals surface area (Å²) in [6.07, 6.45) is 0. The molecule has 0 aliphatic heterocycles. The minimum absolute atomic E-state index is 0.884. The van der Waals surface area contributed by atoms with Gasteiger partial charge in [0.2, 0.25) is 0 Å². The minimum Gasteiger partial charge on any atom is -0.456 e. The predicted molar refractivity (Wildman–Crippen MR) is 220 cm³/mol. The third-order valence-corrected chi connectivity index (χ3v) is 10.2. The van der Waals surface area contributed by atoms with E-state index in [1.807, 2.05) is 18.2 Å². The quantitative estimate of drug-likeness (QED) is 0.165. The van der Waals surface area contributed by atoms with Crippen LogP contribution in [0.25, 0.3) is 76.9 Å². The molecule has 0 N–H and O–H groups in total. The Morgan fingerprint density at radius 3 is 1.62 bits per heavy atom. The van der Waals surface area contributed by atoms with Crippen molar-refractivity contribution in [2.24, 2.45) is 0 Å². The fourth-order valence-corrected chi connectivity index (χ4v) is 7.54. The van der Waals surface area contributed by atoms with E-state index >= 15 is 0 Å². The molecule has 0 radical (unpaired) electrons. The lowest BCUT2D eigenvalue weighted by Gasteiger charge is -2.26. The van der Waals surface area contributed by atoms with Gasteiger partial charge in [0.15, 0.2) is 0 Å². The van der Waals surface area contributed by atoms with Gasteiger partial charge in [0.25, 0.3) is 0 Å². The molecule has 0 unspecified atom stereocenters. The molecule has 0 atom stereocenters. The first-order valence-electron chi connectivity index (χ1n) is 17.7. The van der Waals surface area contributed by atoms with Crippen molar-refractivity contribution in [2.45, 2.75) is 0 Å². The number of hydrogen-bond donors (Lipinski definition) is 0. The summed E-state index contributed by atoms with van der Waals surface area (Å²) in [6, 6.07) is 71.8. The first-order valence-corrected chi connectivity index (χ1v) is 17.7. The summed E-state index contributed by atoms with van der Waals surface area (Å²) in [6.45, 7) is 0. The zero-order valence-electron chi connectivity index (χ0n) is 28.4. The summed E-state index contributed by atoms with van der Waals surface area (Å²) >= 11 is 0. The van der Waals surface area contributed by atoms with Crippen molar-refractivity contribution in [2.75, 3.05) is 4.90 Å². The van der Waals surface area contributed by atoms with Gasteiger partial charge in [-0.25, -0.2) is 0 Å². The number of benzene rings is 9. The van der Waals surface area contributed by atoms with Gasteiger partial charge in [0.05, 0.1) is 0 Å². The first kappa shape index (κ1) is 30.0. The van der Waals surface area contributed by atoms with Crippen molar-refractivity contribution in [1.29, 1.82) is 0 Å². The monoisotopic (exact) mass is 663 g/mol. The van der Waals surface area contributed by atoms with Crippen molar-refractivity contribution in [1.82, 2.24) is 0 Å². The van der Waals surface area contributed by atoms with Crippen LogP contribution in [0.1, 0.15) is 0 Å². The molecule has 244 valence electrons. The maximum absolute atomic E-state index is 6.15. The largest absolute Gasteiger partial charge is 0.456 e. The maximum atomic E-state index is 6.15. The van der Waals surface area contributed by atoms with Gasteiger partial charge in [-0.3, -0.25) is 0 Å². The van der Waals surface area contributed by atoms with E-state index in [9.17, 15) is 0 Å². The third-order valence-electron chi connectivity index (χ3n) is 10.2.